The molecule has 2 aromatic rings. The van der Waals surface area contributed by atoms with Crippen molar-refractivity contribution in [2.45, 2.75) is 18.4 Å². The second-order valence-electron chi connectivity index (χ2n) is 6.87. The number of hydrogen-bond donors (Lipinski definition) is 2. The molecule has 0 aromatic heterocycles. The lowest BCUT2D eigenvalue weighted by atomic mass is 9.86. The van der Waals surface area contributed by atoms with E-state index >= 15 is 0 Å². The number of likely N-dealkylation sites (tertiary alicyclic amines) is 1. The monoisotopic (exact) mass is 405 g/mol. The number of anilines is 1. The van der Waals surface area contributed by atoms with Crippen LogP contribution in [0.15, 0.2) is 48.5 Å². The number of amides is 2. The number of nitrogens with one attached hydrogen (secondary N) is 2. The SMILES string of the molecule is COc1ccc([C@@H]2CN(CCF)CC[C@H]2NC(=O)Nc2ccc(Cl)cc2)cc1. The van der Waals surface area contributed by atoms with Gasteiger partial charge in [-0.3, -0.25) is 4.90 Å². The number of piperidine rings is 1. The summed E-state index contributed by atoms with van der Waals surface area (Å²) in [5, 5.41) is 6.54. The lowest BCUT2D eigenvalue weighted by Crippen LogP contribution is -2.51. The summed E-state index contributed by atoms with van der Waals surface area (Å²) >= 11 is 5.88. The second-order valence-corrected chi connectivity index (χ2v) is 7.31. The molecule has 2 aromatic carbocycles. The molecular formula is C21H25ClFN3O2. The summed E-state index contributed by atoms with van der Waals surface area (Å²) in [5.74, 6) is 0.854. The number of carbonyl (C=O) groups excluding carboxylic acids is 1. The van der Waals surface area contributed by atoms with Crippen molar-refractivity contribution in [3.8, 4) is 5.75 Å². The van der Waals surface area contributed by atoms with Crippen LogP contribution in [0.5, 0.6) is 5.75 Å². The molecule has 150 valence electrons. The lowest BCUT2D eigenvalue weighted by molar-refractivity contribution is 0.165. The molecule has 2 N–H and O–H groups in total. The van der Waals surface area contributed by atoms with Gasteiger partial charge in [0.15, 0.2) is 0 Å². The molecule has 7 heteroatoms. The molecule has 0 saturated carbocycles. The molecule has 0 unspecified atom stereocenters. The maximum atomic E-state index is 12.8. The highest BCUT2D eigenvalue weighted by molar-refractivity contribution is 6.30. The number of urea groups is 1. The normalized spacial score (nSPS) is 19.8. The topological polar surface area (TPSA) is 53.6 Å². The van der Waals surface area contributed by atoms with Gasteiger partial charge in [0, 0.05) is 42.3 Å². The van der Waals surface area contributed by atoms with Crippen LogP contribution in [-0.4, -0.2) is 50.4 Å². The minimum Gasteiger partial charge on any atom is -0.497 e. The predicted octanol–water partition coefficient (Wildman–Crippen LogP) is 4.30. The molecule has 1 heterocycles. The van der Waals surface area contributed by atoms with Crippen molar-refractivity contribution in [2.24, 2.45) is 0 Å². The van der Waals surface area contributed by atoms with E-state index in [1.165, 1.54) is 0 Å². The number of carbonyl (C=O) groups is 1. The largest absolute Gasteiger partial charge is 0.497 e. The summed E-state index contributed by atoms with van der Waals surface area (Å²) in [7, 11) is 1.63. The molecule has 1 aliphatic rings. The highest BCUT2D eigenvalue weighted by Gasteiger charge is 2.31. The average Bonchev–Trinajstić information content (AvgIpc) is 2.71. The minimum absolute atomic E-state index is 0.0449. The Labute approximate surface area is 169 Å². The van der Waals surface area contributed by atoms with E-state index in [-0.39, 0.29) is 24.7 Å². The average molecular weight is 406 g/mol. The zero-order chi connectivity index (χ0) is 19.9. The third kappa shape index (κ3) is 5.36. The van der Waals surface area contributed by atoms with Crippen molar-refractivity contribution in [2.75, 3.05) is 38.7 Å². The van der Waals surface area contributed by atoms with Gasteiger partial charge in [0.05, 0.1) is 7.11 Å². The number of alkyl halides is 1. The number of ether oxygens (including phenoxy) is 1. The maximum absolute atomic E-state index is 12.8. The second kappa shape index (κ2) is 9.75. The third-order valence-electron chi connectivity index (χ3n) is 5.06. The van der Waals surface area contributed by atoms with Crippen molar-refractivity contribution >= 4 is 23.3 Å². The van der Waals surface area contributed by atoms with E-state index in [9.17, 15) is 9.18 Å². The van der Waals surface area contributed by atoms with Crippen LogP contribution >= 0.6 is 11.6 Å². The highest BCUT2D eigenvalue weighted by atomic mass is 35.5. The van der Waals surface area contributed by atoms with Gasteiger partial charge in [-0.15, -0.1) is 0 Å². The number of halogens is 2. The molecule has 0 spiro atoms. The Morgan fingerprint density at radius 2 is 1.93 bits per heavy atom. The number of rotatable bonds is 6. The number of methoxy groups -OCH3 is 1. The molecule has 1 saturated heterocycles. The third-order valence-corrected chi connectivity index (χ3v) is 5.31. The van der Waals surface area contributed by atoms with Crippen molar-refractivity contribution in [3.05, 3.63) is 59.1 Å². The first kappa shape index (κ1) is 20.4. The molecule has 1 aliphatic heterocycles. The molecule has 2 amide bonds. The van der Waals surface area contributed by atoms with E-state index in [0.29, 0.717) is 23.8 Å². The number of nitrogens with zero attached hydrogens (tertiary/aromatic N) is 1. The zero-order valence-electron chi connectivity index (χ0n) is 15.8. The fraction of sp³-hybridized carbons (Fsp3) is 0.381. The standard InChI is InChI=1S/C21H25ClFN3O2/c1-28-18-8-2-15(3-9-18)19-14-26(13-11-23)12-10-20(19)25-21(27)24-17-6-4-16(22)5-7-17/h2-9,19-20H,10-14H2,1H3,(H2,24,25,27)/t19-,20+/m0/s1. The number of benzene rings is 2. The summed E-state index contributed by atoms with van der Waals surface area (Å²) < 4.78 is 18.1. The van der Waals surface area contributed by atoms with Crippen LogP contribution in [0.2, 0.25) is 5.02 Å². The van der Waals surface area contributed by atoms with Gasteiger partial charge in [-0.1, -0.05) is 23.7 Å². The molecule has 1 fully saturated rings. The van der Waals surface area contributed by atoms with Crippen LogP contribution in [0.1, 0.15) is 17.9 Å². The van der Waals surface area contributed by atoms with Crippen LogP contribution in [0.4, 0.5) is 14.9 Å². The molecule has 3 rings (SSSR count). The summed E-state index contributed by atoms with van der Waals surface area (Å²) in [6, 6.07) is 14.5. The van der Waals surface area contributed by atoms with Crippen LogP contribution in [0.3, 0.4) is 0 Å². The van der Waals surface area contributed by atoms with E-state index in [1.54, 1.807) is 31.4 Å². The quantitative estimate of drug-likeness (QED) is 0.753. The molecule has 2 atom stereocenters. The van der Waals surface area contributed by atoms with Gasteiger partial charge < -0.3 is 15.4 Å². The van der Waals surface area contributed by atoms with Gasteiger partial charge >= 0.3 is 6.03 Å². The predicted molar refractivity (Wildman–Crippen MR) is 110 cm³/mol. The van der Waals surface area contributed by atoms with Gasteiger partial charge in [0.2, 0.25) is 0 Å². The van der Waals surface area contributed by atoms with Gasteiger partial charge in [-0.2, -0.15) is 0 Å². The Hall–Kier alpha value is -2.31. The first-order valence-corrected chi connectivity index (χ1v) is 9.72. The van der Waals surface area contributed by atoms with Gasteiger partial charge in [0.25, 0.3) is 0 Å². The summed E-state index contributed by atoms with van der Waals surface area (Å²) in [6.07, 6.45) is 0.755. The molecule has 0 radical (unpaired) electrons. The van der Waals surface area contributed by atoms with Crippen molar-refractivity contribution in [1.82, 2.24) is 10.2 Å². The fourth-order valence-corrected chi connectivity index (χ4v) is 3.70. The first-order chi connectivity index (χ1) is 13.6. The Morgan fingerprint density at radius 1 is 1.21 bits per heavy atom. The van der Waals surface area contributed by atoms with Gasteiger partial charge in [-0.05, 0) is 48.4 Å². The van der Waals surface area contributed by atoms with E-state index in [2.05, 4.69) is 15.5 Å². The van der Waals surface area contributed by atoms with Crippen molar-refractivity contribution in [3.63, 3.8) is 0 Å². The van der Waals surface area contributed by atoms with Crippen LogP contribution in [-0.2, 0) is 0 Å². The number of hydrogen-bond acceptors (Lipinski definition) is 3. The van der Waals surface area contributed by atoms with Gasteiger partial charge in [0.1, 0.15) is 12.4 Å². The smallest absolute Gasteiger partial charge is 0.319 e. The molecular weight excluding hydrogens is 381 g/mol. The Bertz CT molecular complexity index is 770. The molecule has 28 heavy (non-hydrogen) atoms. The van der Waals surface area contributed by atoms with Crippen LogP contribution in [0, 0.1) is 0 Å². The molecule has 5 nitrogen and oxygen atoms in total. The van der Waals surface area contributed by atoms with Gasteiger partial charge in [-0.25, -0.2) is 9.18 Å². The van der Waals surface area contributed by atoms with Crippen LogP contribution in [0.25, 0.3) is 0 Å². The minimum atomic E-state index is -0.371. The van der Waals surface area contributed by atoms with Crippen LogP contribution < -0.4 is 15.4 Å². The first-order valence-electron chi connectivity index (χ1n) is 9.34. The maximum Gasteiger partial charge on any atom is 0.319 e. The van der Waals surface area contributed by atoms with E-state index in [0.717, 1.165) is 24.3 Å². The zero-order valence-corrected chi connectivity index (χ0v) is 16.6. The Kier molecular flexibility index (Phi) is 7.12. The fourth-order valence-electron chi connectivity index (χ4n) is 3.57. The van der Waals surface area contributed by atoms with E-state index < -0.39 is 0 Å². The summed E-state index contributed by atoms with van der Waals surface area (Å²) in [6.45, 7) is 1.49. The van der Waals surface area contributed by atoms with E-state index in [4.69, 9.17) is 16.3 Å². The van der Waals surface area contributed by atoms with Crippen molar-refractivity contribution in [1.29, 1.82) is 0 Å². The van der Waals surface area contributed by atoms with E-state index in [1.807, 2.05) is 24.3 Å². The molecule has 0 bridgehead atoms. The summed E-state index contributed by atoms with van der Waals surface area (Å²) in [5.41, 5.74) is 1.78. The Morgan fingerprint density at radius 3 is 2.57 bits per heavy atom. The summed E-state index contributed by atoms with van der Waals surface area (Å²) in [4.78, 5) is 14.6. The Balaban J connectivity index is 1.70. The highest BCUT2D eigenvalue weighted by Crippen LogP contribution is 2.29. The lowest BCUT2D eigenvalue weighted by Gasteiger charge is -2.39. The molecule has 0 aliphatic carbocycles. The van der Waals surface area contributed by atoms with Crippen molar-refractivity contribution < 1.29 is 13.9 Å².